The highest BCUT2D eigenvalue weighted by molar-refractivity contribution is 7.90. The maximum Gasteiger partial charge on any atom is 0.295 e. The summed E-state index contributed by atoms with van der Waals surface area (Å²) < 4.78 is 16.9. The van der Waals surface area contributed by atoms with E-state index in [1.54, 1.807) is 10.7 Å². The minimum atomic E-state index is -1.32. The quantitative estimate of drug-likeness (QED) is 0.851. The van der Waals surface area contributed by atoms with E-state index in [4.69, 9.17) is 0 Å². The maximum atomic E-state index is 12.6. The first-order chi connectivity index (χ1) is 12.2. The standard InChI is InChI=1S/C18H24N4O2S/c23-18(20-25(24)15-6-2-1-3-7-15)16-13-19-22-11-8-14(12-17(16)22)21-9-4-5-10-21/h8,11-13,15H,1-7,9-10H2,(H,20,23). The average Bonchev–Trinajstić information content (AvgIpc) is 3.31. The molecule has 1 unspecified atom stereocenters. The van der Waals surface area contributed by atoms with Crippen molar-refractivity contribution in [2.75, 3.05) is 18.0 Å². The van der Waals surface area contributed by atoms with Gasteiger partial charge in [0.05, 0.1) is 28.6 Å². The molecule has 2 aromatic rings. The zero-order chi connectivity index (χ0) is 17.2. The molecule has 1 amide bonds. The molecule has 6 nitrogen and oxygen atoms in total. The Labute approximate surface area is 150 Å². The smallest absolute Gasteiger partial charge is 0.295 e. The number of pyridine rings is 1. The summed E-state index contributed by atoms with van der Waals surface area (Å²) >= 11 is -1.32. The van der Waals surface area contributed by atoms with Gasteiger partial charge >= 0.3 is 0 Å². The fraction of sp³-hybridized carbons (Fsp3) is 0.556. The number of anilines is 1. The van der Waals surface area contributed by atoms with Crippen LogP contribution >= 0.6 is 0 Å². The van der Waals surface area contributed by atoms with Crippen LogP contribution in [0.1, 0.15) is 55.3 Å². The molecule has 1 aliphatic heterocycles. The molecule has 0 bridgehead atoms. The first-order valence-electron chi connectivity index (χ1n) is 9.16. The predicted molar refractivity (Wildman–Crippen MR) is 99.1 cm³/mol. The number of hydrogen-bond acceptors (Lipinski definition) is 4. The summed E-state index contributed by atoms with van der Waals surface area (Å²) in [5.74, 6) is -0.294. The van der Waals surface area contributed by atoms with E-state index < -0.39 is 11.4 Å². The fourth-order valence-corrected chi connectivity index (χ4v) is 5.05. The molecule has 1 saturated carbocycles. The third-order valence-electron chi connectivity index (χ3n) is 5.27. The molecule has 0 radical (unpaired) electrons. The van der Waals surface area contributed by atoms with Gasteiger partial charge in [-0.05, 0) is 50.7 Å². The van der Waals surface area contributed by atoms with Gasteiger partial charge in [0.1, 0.15) is 5.25 Å². The van der Waals surface area contributed by atoms with E-state index >= 15 is 0 Å². The molecular formula is C18H24N4O2S. The summed E-state index contributed by atoms with van der Waals surface area (Å²) in [5, 5.41) is 4.35. The van der Waals surface area contributed by atoms with Gasteiger partial charge in [0.25, 0.3) is 5.91 Å². The van der Waals surface area contributed by atoms with E-state index in [1.807, 2.05) is 18.3 Å². The highest BCUT2D eigenvalue weighted by Crippen LogP contribution is 2.25. The van der Waals surface area contributed by atoms with Crippen molar-refractivity contribution in [3.05, 3.63) is 30.1 Å². The van der Waals surface area contributed by atoms with Crippen molar-refractivity contribution in [1.29, 1.82) is 0 Å². The van der Waals surface area contributed by atoms with Crippen LogP contribution in [0.5, 0.6) is 0 Å². The van der Waals surface area contributed by atoms with Gasteiger partial charge in [-0.2, -0.15) is 9.82 Å². The Kier molecular flexibility index (Phi) is 4.85. The Hall–Kier alpha value is -1.73. The molecular weight excluding hydrogens is 336 g/mol. The zero-order valence-corrected chi connectivity index (χ0v) is 15.1. The summed E-state index contributed by atoms with van der Waals surface area (Å²) in [7, 11) is 0. The third-order valence-corrected chi connectivity index (χ3v) is 6.73. The molecule has 2 aromatic heterocycles. The van der Waals surface area contributed by atoms with Gasteiger partial charge in [-0.25, -0.2) is 4.52 Å². The molecule has 1 saturated heterocycles. The predicted octanol–water partition coefficient (Wildman–Crippen LogP) is 2.66. The minimum absolute atomic E-state index is 0.0831. The van der Waals surface area contributed by atoms with Crippen LogP contribution in [0.25, 0.3) is 5.52 Å². The van der Waals surface area contributed by atoms with Gasteiger partial charge < -0.3 is 9.45 Å². The van der Waals surface area contributed by atoms with Crippen LogP contribution in [0.3, 0.4) is 0 Å². The number of aromatic nitrogens is 2. The molecule has 1 aliphatic carbocycles. The summed E-state index contributed by atoms with van der Waals surface area (Å²) in [6, 6.07) is 4.05. The second-order valence-corrected chi connectivity index (χ2v) is 8.42. The highest BCUT2D eigenvalue weighted by atomic mass is 32.2. The lowest BCUT2D eigenvalue weighted by atomic mass is 10.0. The largest absolute Gasteiger partial charge is 0.593 e. The van der Waals surface area contributed by atoms with Gasteiger partial charge in [-0.3, -0.25) is 4.79 Å². The molecule has 7 heteroatoms. The number of amides is 1. The normalized spacial score (nSPS) is 20.1. The van der Waals surface area contributed by atoms with Crippen LogP contribution in [0.2, 0.25) is 0 Å². The van der Waals surface area contributed by atoms with Gasteiger partial charge in [0, 0.05) is 25.0 Å². The Bertz CT molecular complexity index is 751. The maximum absolute atomic E-state index is 12.6. The third kappa shape index (κ3) is 3.48. The second-order valence-electron chi connectivity index (χ2n) is 6.96. The molecule has 2 aliphatic rings. The SMILES string of the molecule is O=C(N[S+]([O-])C1CCCCC1)c1cnn2ccc(N3CCCC3)cc12. The number of carbonyl (C=O) groups excluding carboxylic acids is 1. The molecule has 4 rings (SSSR count). The summed E-state index contributed by atoms with van der Waals surface area (Å²) in [6.07, 6.45) is 11.1. The molecule has 0 aromatic carbocycles. The lowest BCUT2D eigenvalue weighted by molar-refractivity contribution is 0.0982. The van der Waals surface area contributed by atoms with Gasteiger partial charge in [0.15, 0.2) is 0 Å². The Morgan fingerprint density at radius 3 is 2.72 bits per heavy atom. The van der Waals surface area contributed by atoms with E-state index in [-0.39, 0.29) is 11.2 Å². The van der Waals surface area contributed by atoms with E-state index in [0.717, 1.165) is 50.0 Å². The molecule has 3 heterocycles. The lowest BCUT2D eigenvalue weighted by Gasteiger charge is -2.23. The van der Waals surface area contributed by atoms with Crippen molar-refractivity contribution >= 4 is 28.5 Å². The highest BCUT2D eigenvalue weighted by Gasteiger charge is 2.28. The molecule has 0 spiro atoms. The summed E-state index contributed by atoms with van der Waals surface area (Å²) in [4.78, 5) is 15.0. The van der Waals surface area contributed by atoms with Crippen molar-refractivity contribution in [3.63, 3.8) is 0 Å². The summed E-state index contributed by atoms with van der Waals surface area (Å²) in [5.41, 5.74) is 2.38. The lowest BCUT2D eigenvalue weighted by Crippen LogP contribution is -2.39. The van der Waals surface area contributed by atoms with E-state index in [1.165, 1.54) is 19.3 Å². The monoisotopic (exact) mass is 360 g/mol. The number of carbonyl (C=O) groups is 1. The Morgan fingerprint density at radius 1 is 1.20 bits per heavy atom. The second kappa shape index (κ2) is 7.25. The number of hydrogen-bond donors (Lipinski definition) is 1. The van der Waals surface area contributed by atoms with Crippen molar-refractivity contribution < 1.29 is 9.35 Å². The Morgan fingerprint density at radius 2 is 1.96 bits per heavy atom. The van der Waals surface area contributed by atoms with Gasteiger partial charge in [0.2, 0.25) is 0 Å². The number of nitrogens with zero attached hydrogens (tertiary/aromatic N) is 3. The first kappa shape index (κ1) is 16.7. The van der Waals surface area contributed by atoms with Gasteiger partial charge in [-0.15, -0.1) is 0 Å². The van der Waals surface area contributed by atoms with E-state index in [2.05, 4.69) is 14.7 Å². The number of rotatable bonds is 4. The molecule has 1 atom stereocenters. The molecule has 134 valence electrons. The van der Waals surface area contributed by atoms with Crippen molar-refractivity contribution in [2.24, 2.45) is 0 Å². The van der Waals surface area contributed by atoms with E-state index in [0.29, 0.717) is 5.56 Å². The summed E-state index contributed by atoms with van der Waals surface area (Å²) in [6.45, 7) is 2.11. The van der Waals surface area contributed by atoms with Crippen LogP contribution in [0, 0.1) is 0 Å². The van der Waals surface area contributed by atoms with Crippen molar-refractivity contribution in [2.45, 2.75) is 50.2 Å². The van der Waals surface area contributed by atoms with Gasteiger partial charge in [-0.1, -0.05) is 6.42 Å². The van der Waals surface area contributed by atoms with Crippen LogP contribution < -0.4 is 9.62 Å². The van der Waals surface area contributed by atoms with Crippen LogP contribution in [-0.2, 0) is 11.4 Å². The van der Waals surface area contributed by atoms with Crippen molar-refractivity contribution in [3.8, 4) is 0 Å². The molecule has 2 fully saturated rings. The number of nitrogens with one attached hydrogen (secondary N) is 1. The molecule has 25 heavy (non-hydrogen) atoms. The van der Waals surface area contributed by atoms with Crippen LogP contribution in [0.4, 0.5) is 5.69 Å². The number of fused-ring (bicyclic) bond motifs is 1. The van der Waals surface area contributed by atoms with Crippen LogP contribution in [-0.4, -0.2) is 38.4 Å². The fourth-order valence-electron chi connectivity index (χ4n) is 3.83. The van der Waals surface area contributed by atoms with E-state index in [9.17, 15) is 9.35 Å². The van der Waals surface area contributed by atoms with Crippen LogP contribution in [0.15, 0.2) is 24.5 Å². The first-order valence-corrected chi connectivity index (χ1v) is 10.4. The average molecular weight is 360 g/mol. The van der Waals surface area contributed by atoms with Crippen molar-refractivity contribution in [1.82, 2.24) is 14.3 Å². The molecule has 1 N–H and O–H groups in total. The minimum Gasteiger partial charge on any atom is -0.593 e. The zero-order valence-electron chi connectivity index (χ0n) is 14.3. The Balaban J connectivity index is 1.53. The topological polar surface area (TPSA) is 72.7 Å².